The molecule has 0 saturated heterocycles. The van der Waals surface area contributed by atoms with Crippen LogP contribution in [0, 0.1) is 0 Å². The highest BCUT2D eigenvalue weighted by molar-refractivity contribution is 9.10. The Bertz CT molecular complexity index is 1340. The molecule has 0 radical (unpaired) electrons. The number of nitrogens with one attached hydrogen (secondary N) is 1. The fourth-order valence-electron chi connectivity index (χ4n) is 3.95. The van der Waals surface area contributed by atoms with Gasteiger partial charge < -0.3 is 14.8 Å². The molecule has 36 heavy (non-hydrogen) atoms. The Morgan fingerprint density at radius 1 is 0.861 bits per heavy atom. The topological polar surface area (TPSA) is 37.3 Å². The van der Waals surface area contributed by atoms with Gasteiger partial charge in [-0.15, -0.1) is 0 Å². The van der Waals surface area contributed by atoms with Crippen LogP contribution in [-0.4, -0.2) is 36.0 Å². The SMILES string of the molecule is CN(C)CCC(=O)Nc1ccc(-c2ccc(-c3ccc(Br)cc3)n2-c2ccccc2C(F)(F)F)cc1. The number of aromatic nitrogens is 1. The number of para-hydroxylation sites is 1. The van der Waals surface area contributed by atoms with E-state index in [4.69, 9.17) is 0 Å². The highest BCUT2D eigenvalue weighted by Crippen LogP contribution is 2.39. The lowest BCUT2D eigenvalue weighted by Gasteiger charge is -2.19. The zero-order valence-corrected chi connectivity index (χ0v) is 21.4. The number of benzene rings is 3. The van der Waals surface area contributed by atoms with Gasteiger partial charge in [0.1, 0.15) is 0 Å². The van der Waals surface area contributed by atoms with E-state index in [0.29, 0.717) is 30.0 Å². The van der Waals surface area contributed by atoms with Crippen LogP contribution in [0.25, 0.3) is 28.2 Å². The van der Waals surface area contributed by atoms with Crippen molar-refractivity contribution >= 4 is 27.5 Å². The molecule has 0 aliphatic carbocycles. The summed E-state index contributed by atoms with van der Waals surface area (Å²) in [6, 6.07) is 23.8. The van der Waals surface area contributed by atoms with Gasteiger partial charge in [0.25, 0.3) is 0 Å². The van der Waals surface area contributed by atoms with Crippen LogP contribution in [-0.2, 0) is 11.0 Å². The van der Waals surface area contributed by atoms with Crippen molar-refractivity contribution in [1.29, 1.82) is 0 Å². The lowest BCUT2D eigenvalue weighted by Crippen LogP contribution is -2.20. The number of halogens is 4. The summed E-state index contributed by atoms with van der Waals surface area (Å²) >= 11 is 3.41. The number of anilines is 1. The standard InChI is InChI=1S/C28H25BrF3N3O/c1-34(2)18-17-27(36)33-22-13-9-20(10-14-22)25-16-15-24(19-7-11-21(29)12-8-19)35(25)26-6-4-3-5-23(26)28(30,31)32/h3-16H,17-18H2,1-2H3,(H,33,36). The van der Waals surface area contributed by atoms with E-state index in [2.05, 4.69) is 21.2 Å². The highest BCUT2D eigenvalue weighted by Gasteiger charge is 2.34. The summed E-state index contributed by atoms with van der Waals surface area (Å²) < 4.78 is 44.5. The Balaban J connectivity index is 1.77. The second kappa shape index (κ2) is 10.7. The third-order valence-electron chi connectivity index (χ3n) is 5.72. The van der Waals surface area contributed by atoms with E-state index in [0.717, 1.165) is 21.7 Å². The molecule has 4 aromatic rings. The van der Waals surface area contributed by atoms with Gasteiger partial charge in [-0.1, -0.05) is 52.3 Å². The first-order valence-electron chi connectivity index (χ1n) is 11.3. The Morgan fingerprint density at radius 2 is 1.42 bits per heavy atom. The molecule has 0 spiro atoms. The number of alkyl halides is 3. The van der Waals surface area contributed by atoms with E-state index in [1.807, 2.05) is 55.4 Å². The molecule has 0 aliphatic rings. The summed E-state index contributed by atoms with van der Waals surface area (Å²) in [4.78, 5) is 14.1. The van der Waals surface area contributed by atoms with Crippen molar-refractivity contribution in [2.45, 2.75) is 12.6 Å². The maximum atomic E-state index is 14.0. The van der Waals surface area contributed by atoms with Gasteiger partial charge in [-0.3, -0.25) is 4.79 Å². The molecule has 0 atom stereocenters. The molecule has 0 aliphatic heterocycles. The maximum absolute atomic E-state index is 14.0. The van der Waals surface area contributed by atoms with E-state index in [1.54, 1.807) is 34.9 Å². The Labute approximate surface area is 216 Å². The van der Waals surface area contributed by atoms with Crippen LogP contribution >= 0.6 is 15.9 Å². The highest BCUT2D eigenvalue weighted by atomic mass is 79.9. The minimum absolute atomic E-state index is 0.0454. The predicted octanol–water partition coefficient (Wildman–Crippen LogP) is 7.48. The fourth-order valence-corrected chi connectivity index (χ4v) is 4.21. The van der Waals surface area contributed by atoms with Crippen molar-refractivity contribution in [1.82, 2.24) is 9.47 Å². The van der Waals surface area contributed by atoms with Gasteiger partial charge in [0.05, 0.1) is 22.6 Å². The number of rotatable bonds is 7. The van der Waals surface area contributed by atoms with Crippen molar-refractivity contribution in [3.63, 3.8) is 0 Å². The van der Waals surface area contributed by atoms with Crippen molar-refractivity contribution in [3.8, 4) is 28.2 Å². The van der Waals surface area contributed by atoms with Crippen LogP contribution in [0.2, 0.25) is 0 Å². The number of carbonyl (C=O) groups is 1. The molecule has 1 heterocycles. The first-order valence-corrected chi connectivity index (χ1v) is 12.1. The van der Waals surface area contributed by atoms with E-state index in [1.165, 1.54) is 12.1 Å². The average Bonchev–Trinajstić information content (AvgIpc) is 3.28. The van der Waals surface area contributed by atoms with Gasteiger partial charge in [-0.2, -0.15) is 13.2 Å². The lowest BCUT2D eigenvalue weighted by molar-refractivity contribution is -0.137. The van der Waals surface area contributed by atoms with Crippen LogP contribution in [0.4, 0.5) is 18.9 Å². The molecule has 186 valence electrons. The monoisotopic (exact) mass is 555 g/mol. The minimum atomic E-state index is -4.52. The molecule has 4 nitrogen and oxygen atoms in total. The molecule has 3 aromatic carbocycles. The number of nitrogens with zero attached hydrogens (tertiary/aromatic N) is 2. The molecule has 1 amide bonds. The van der Waals surface area contributed by atoms with Crippen LogP contribution in [0.15, 0.2) is 89.4 Å². The van der Waals surface area contributed by atoms with Crippen molar-refractivity contribution < 1.29 is 18.0 Å². The van der Waals surface area contributed by atoms with Crippen molar-refractivity contribution in [2.24, 2.45) is 0 Å². The second-order valence-electron chi connectivity index (χ2n) is 8.64. The molecule has 0 saturated carbocycles. The van der Waals surface area contributed by atoms with Gasteiger partial charge >= 0.3 is 6.18 Å². The van der Waals surface area contributed by atoms with Crippen molar-refractivity contribution in [3.05, 3.63) is 95.0 Å². The number of hydrogen-bond donors (Lipinski definition) is 1. The van der Waals surface area contributed by atoms with Crippen LogP contribution in [0.1, 0.15) is 12.0 Å². The molecule has 0 fully saturated rings. The van der Waals surface area contributed by atoms with Gasteiger partial charge in [-0.05, 0) is 73.8 Å². The number of carbonyl (C=O) groups excluding carboxylic acids is 1. The zero-order valence-electron chi connectivity index (χ0n) is 19.8. The largest absolute Gasteiger partial charge is 0.418 e. The van der Waals surface area contributed by atoms with Gasteiger partial charge in [0, 0.05) is 23.1 Å². The van der Waals surface area contributed by atoms with Gasteiger partial charge in [0.2, 0.25) is 5.91 Å². The summed E-state index contributed by atoms with van der Waals surface area (Å²) in [7, 11) is 3.80. The summed E-state index contributed by atoms with van der Waals surface area (Å²) in [5.41, 5.74) is 2.71. The summed E-state index contributed by atoms with van der Waals surface area (Å²) in [5, 5.41) is 2.86. The molecule has 1 N–H and O–H groups in total. The molecule has 0 bridgehead atoms. The number of hydrogen-bond acceptors (Lipinski definition) is 2. The average molecular weight is 556 g/mol. The third-order valence-corrected chi connectivity index (χ3v) is 6.25. The zero-order chi connectivity index (χ0) is 25.9. The van der Waals surface area contributed by atoms with Crippen molar-refractivity contribution in [2.75, 3.05) is 26.0 Å². The minimum Gasteiger partial charge on any atom is -0.326 e. The second-order valence-corrected chi connectivity index (χ2v) is 9.56. The van der Waals surface area contributed by atoms with Crippen LogP contribution in [0.3, 0.4) is 0 Å². The van der Waals surface area contributed by atoms with Crippen LogP contribution < -0.4 is 5.32 Å². The normalized spacial score (nSPS) is 11.6. The van der Waals surface area contributed by atoms with Gasteiger partial charge in [0.15, 0.2) is 0 Å². The summed E-state index contributed by atoms with van der Waals surface area (Å²) in [6.45, 7) is 0.634. The first kappa shape index (κ1) is 25.7. The number of amides is 1. The Kier molecular flexibility index (Phi) is 7.66. The lowest BCUT2D eigenvalue weighted by atomic mass is 10.1. The molecule has 4 rings (SSSR count). The quantitative estimate of drug-likeness (QED) is 0.256. The van der Waals surface area contributed by atoms with Gasteiger partial charge in [-0.25, -0.2) is 0 Å². The van der Waals surface area contributed by atoms with Crippen LogP contribution in [0.5, 0.6) is 0 Å². The van der Waals surface area contributed by atoms with E-state index < -0.39 is 11.7 Å². The molecular formula is C28H25BrF3N3O. The first-order chi connectivity index (χ1) is 17.1. The Hall–Kier alpha value is -3.36. The fraction of sp³-hybridized carbons (Fsp3) is 0.179. The Morgan fingerprint density at radius 3 is 1.97 bits per heavy atom. The molecule has 0 unspecified atom stereocenters. The summed E-state index contributed by atoms with van der Waals surface area (Å²) in [5.74, 6) is -0.101. The van der Waals surface area contributed by atoms with E-state index in [9.17, 15) is 18.0 Å². The molecule has 8 heteroatoms. The smallest absolute Gasteiger partial charge is 0.326 e. The third kappa shape index (κ3) is 5.88. The maximum Gasteiger partial charge on any atom is 0.418 e. The summed E-state index contributed by atoms with van der Waals surface area (Å²) in [6.07, 6.45) is -4.15. The predicted molar refractivity (Wildman–Crippen MR) is 141 cm³/mol. The molecular weight excluding hydrogens is 531 g/mol. The van der Waals surface area contributed by atoms with E-state index >= 15 is 0 Å². The van der Waals surface area contributed by atoms with E-state index in [-0.39, 0.29) is 11.6 Å². The molecule has 1 aromatic heterocycles.